The molecule has 2 aromatic rings. The van der Waals surface area contributed by atoms with Crippen LogP contribution in [0, 0.1) is 24.7 Å². The predicted octanol–water partition coefficient (Wildman–Crippen LogP) is 4.04. The molecule has 1 aromatic heterocycles. The molecule has 5 rings (SSSR count). The molecule has 1 N–H and O–H groups in total. The third kappa shape index (κ3) is 2.21. The maximum Gasteiger partial charge on any atom is 0.228 e. The third-order valence-electron chi connectivity index (χ3n) is 5.28. The van der Waals surface area contributed by atoms with Crippen LogP contribution in [0.25, 0.3) is 11.3 Å². The van der Waals surface area contributed by atoms with Crippen LogP contribution < -0.4 is 5.32 Å². The smallest absolute Gasteiger partial charge is 0.228 e. The molecule has 2 unspecified atom stereocenters. The van der Waals surface area contributed by atoms with Crippen molar-refractivity contribution in [1.29, 1.82) is 0 Å². The second-order valence-corrected chi connectivity index (χ2v) is 6.59. The minimum absolute atomic E-state index is 0.203. The van der Waals surface area contributed by atoms with Gasteiger partial charge >= 0.3 is 0 Å². The Hall–Kier alpha value is -2.16. The summed E-state index contributed by atoms with van der Waals surface area (Å²) in [6, 6.07) is 12.0. The minimum atomic E-state index is 0.203. The van der Waals surface area contributed by atoms with Crippen molar-refractivity contribution in [3.8, 4) is 11.3 Å². The van der Waals surface area contributed by atoms with Crippen molar-refractivity contribution in [3.05, 3.63) is 48.2 Å². The quantitative estimate of drug-likeness (QED) is 0.927. The molecule has 0 saturated heterocycles. The number of anilines is 1. The van der Waals surface area contributed by atoms with E-state index in [1.165, 1.54) is 24.8 Å². The molecule has 3 aliphatic carbocycles. The number of hydrogen-bond donors (Lipinski definition) is 1. The number of aromatic nitrogens is 1. The van der Waals surface area contributed by atoms with E-state index in [9.17, 15) is 4.79 Å². The Kier molecular flexibility index (Phi) is 3.21. The molecule has 1 heterocycles. The van der Waals surface area contributed by atoms with Gasteiger partial charge in [-0.05, 0) is 67.9 Å². The fraction of sp³-hybridized carbons (Fsp3) is 0.368. The second-order valence-electron chi connectivity index (χ2n) is 6.59. The number of nitrogens with zero attached hydrogens (tertiary/aromatic N) is 1. The van der Waals surface area contributed by atoms with E-state index in [0.717, 1.165) is 16.9 Å². The number of rotatable bonds is 3. The van der Waals surface area contributed by atoms with Gasteiger partial charge < -0.3 is 5.32 Å². The Bertz CT molecular complexity index is 697. The number of carbonyl (C=O) groups excluding carboxylic acids is 1. The molecule has 0 spiro atoms. The molecule has 3 nitrogen and oxygen atoms in total. The predicted molar refractivity (Wildman–Crippen MR) is 87.4 cm³/mol. The van der Waals surface area contributed by atoms with Gasteiger partial charge in [0.15, 0.2) is 0 Å². The van der Waals surface area contributed by atoms with Crippen molar-refractivity contribution in [3.63, 3.8) is 0 Å². The molecule has 2 bridgehead atoms. The third-order valence-corrected chi connectivity index (χ3v) is 5.28. The summed E-state index contributed by atoms with van der Waals surface area (Å²) in [7, 11) is 0. The standard InChI is InChI=1S/C19H20N2O/c1-12-5-8-15(11-16(12)17-4-2-3-9-20-17)21-19(22)18-13-6-7-14(18)10-13/h2-5,8-9,11,13-14,18H,6-7,10H2,1H3,(H,21,22). The monoisotopic (exact) mass is 292 g/mol. The van der Waals surface area contributed by atoms with Gasteiger partial charge in [0.25, 0.3) is 0 Å². The zero-order valence-corrected chi connectivity index (χ0v) is 12.8. The van der Waals surface area contributed by atoms with E-state index in [4.69, 9.17) is 0 Å². The number of carbonyl (C=O) groups is 1. The summed E-state index contributed by atoms with van der Waals surface area (Å²) in [5.74, 6) is 1.71. The molecular weight excluding hydrogens is 272 g/mol. The van der Waals surface area contributed by atoms with Gasteiger partial charge in [-0.2, -0.15) is 0 Å². The van der Waals surface area contributed by atoms with E-state index in [1.54, 1.807) is 6.20 Å². The fourth-order valence-electron chi connectivity index (χ4n) is 4.05. The lowest BCUT2D eigenvalue weighted by Crippen LogP contribution is -2.38. The summed E-state index contributed by atoms with van der Waals surface area (Å²) in [5.41, 5.74) is 4.07. The molecule has 1 amide bonds. The van der Waals surface area contributed by atoms with Crippen LogP contribution in [-0.2, 0) is 4.79 Å². The van der Waals surface area contributed by atoms with E-state index >= 15 is 0 Å². The first kappa shape index (κ1) is 13.5. The molecule has 112 valence electrons. The first-order chi connectivity index (χ1) is 10.7. The molecule has 3 heteroatoms. The van der Waals surface area contributed by atoms with Gasteiger partial charge in [0.05, 0.1) is 5.69 Å². The summed E-state index contributed by atoms with van der Waals surface area (Å²) in [6.45, 7) is 2.07. The molecule has 3 fully saturated rings. The van der Waals surface area contributed by atoms with Crippen molar-refractivity contribution in [1.82, 2.24) is 4.98 Å². The van der Waals surface area contributed by atoms with Crippen LogP contribution in [-0.4, -0.2) is 10.9 Å². The van der Waals surface area contributed by atoms with Crippen molar-refractivity contribution >= 4 is 11.6 Å². The Morgan fingerprint density at radius 3 is 2.68 bits per heavy atom. The van der Waals surface area contributed by atoms with Gasteiger partial charge in [-0.25, -0.2) is 0 Å². The van der Waals surface area contributed by atoms with Crippen molar-refractivity contribution in [2.45, 2.75) is 26.2 Å². The molecule has 1 aromatic carbocycles. The Labute approximate surface area is 130 Å². The summed E-state index contributed by atoms with van der Waals surface area (Å²) < 4.78 is 0. The summed E-state index contributed by atoms with van der Waals surface area (Å²) in [4.78, 5) is 16.9. The van der Waals surface area contributed by atoms with Crippen LogP contribution in [0.3, 0.4) is 0 Å². The first-order valence-corrected chi connectivity index (χ1v) is 8.05. The summed E-state index contributed by atoms with van der Waals surface area (Å²) >= 11 is 0. The molecule has 0 aliphatic heterocycles. The number of benzene rings is 1. The topological polar surface area (TPSA) is 42.0 Å². The average molecular weight is 292 g/mol. The van der Waals surface area contributed by atoms with E-state index < -0.39 is 0 Å². The first-order valence-electron chi connectivity index (χ1n) is 8.05. The van der Waals surface area contributed by atoms with Gasteiger partial charge in [0, 0.05) is 23.4 Å². The largest absolute Gasteiger partial charge is 0.326 e. The minimum Gasteiger partial charge on any atom is -0.326 e. The number of fused-ring (bicyclic) bond motifs is 1. The number of aryl methyl sites for hydroxylation is 1. The normalized spacial score (nSPS) is 25.6. The molecule has 0 radical (unpaired) electrons. The molecule has 22 heavy (non-hydrogen) atoms. The van der Waals surface area contributed by atoms with E-state index in [-0.39, 0.29) is 11.8 Å². The fourth-order valence-corrected chi connectivity index (χ4v) is 4.05. The van der Waals surface area contributed by atoms with Crippen LogP contribution in [0.5, 0.6) is 0 Å². The maximum atomic E-state index is 12.5. The Morgan fingerprint density at radius 1 is 1.18 bits per heavy atom. The van der Waals surface area contributed by atoms with Gasteiger partial charge in [-0.1, -0.05) is 12.1 Å². The average Bonchev–Trinajstić information content (AvgIpc) is 3.14. The maximum absolute atomic E-state index is 12.5. The molecule has 3 aliphatic rings. The second kappa shape index (κ2) is 5.24. The summed E-state index contributed by atoms with van der Waals surface area (Å²) in [6.07, 6.45) is 5.52. The Morgan fingerprint density at radius 2 is 2.00 bits per heavy atom. The summed E-state index contributed by atoms with van der Waals surface area (Å²) in [5, 5.41) is 3.12. The van der Waals surface area contributed by atoms with Crippen LogP contribution in [0.4, 0.5) is 5.69 Å². The molecule has 3 saturated carbocycles. The van der Waals surface area contributed by atoms with Crippen LogP contribution in [0.2, 0.25) is 0 Å². The van der Waals surface area contributed by atoms with Gasteiger partial charge in [0.1, 0.15) is 0 Å². The van der Waals surface area contributed by atoms with Crippen molar-refractivity contribution < 1.29 is 4.79 Å². The highest BCUT2D eigenvalue weighted by molar-refractivity contribution is 5.94. The van der Waals surface area contributed by atoms with E-state index in [2.05, 4.69) is 23.3 Å². The lowest BCUT2D eigenvalue weighted by atomic mass is 9.72. The molecule has 2 atom stereocenters. The van der Waals surface area contributed by atoms with Crippen molar-refractivity contribution in [2.24, 2.45) is 17.8 Å². The highest BCUT2D eigenvalue weighted by atomic mass is 16.2. The van der Waals surface area contributed by atoms with E-state index in [0.29, 0.717) is 11.8 Å². The number of pyridine rings is 1. The van der Waals surface area contributed by atoms with E-state index in [1.807, 2.05) is 30.3 Å². The van der Waals surface area contributed by atoms with Crippen LogP contribution in [0.15, 0.2) is 42.6 Å². The zero-order valence-electron chi connectivity index (χ0n) is 12.8. The van der Waals surface area contributed by atoms with Gasteiger partial charge in [-0.3, -0.25) is 9.78 Å². The van der Waals surface area contributed by atoms with Crippen LogP contribution >= 0.6 is 0 Å². The van der Waals surface area contributed by atoms with Gasteiger partial charge in [0.2, 0.25) is 5.91 Å². The van der Waals surface area contributed by atoms with Crippen LogP contribution in [0.1, 0.15) is 24.8 Å². The van der Waals surface area contributed by atoms with Crippen molar-refractivity contribution in [2.75, 3.05) is 5.32 Å². The number of amides is 1. The highest BCUT2D eigenvalue weighted by Crippen LogP contribution is 2.53. The lowest BCUT2D eigenvalue weighted by molar-refractivity contribution is -0.125. The lowest BCUT2D eigenvalue weighted by Gasteiger charge is -2.34. The SMILES string of the molecule is Cc1ccc(NC(=O)C2C3CCC2C3)cc1-c1ccccn1. The zero-order chi connectivity index (χ0) is 15.1. The number of nitrogens with one attached hydrogen (secondary N) is 1. The number of hydrogen-bond acceptors (Lipinski definition) is 2. The molecular formula is C19H20N2O. The van der Waals surface area contributed by atoms with Gasteiger partial charge in [-0.15, -0.1) is 0 Å². The Balaban J connectivity index is 1.57. The highest BCUT2D eigenvalue weighted by Gasteiger charge is 2.50.